The number of hydrogen-bond donors (Lipinski definition) is 2. The van der Waals surface area contributed by atoms with Crippen LogP contribution in [0.5, 0.6) is 0 Å². The molecule has 1 aliphatic rings. The Kier molecular flexibility index (Phi) is 7.86. The van der Waals surface area contributed by atoms with Gasteiger partial charge >= 0.3 is 0 Å². The first kappa shape index (κ1) is 23.4. The van der Waals surface area contributed by atoms with Crippen molar-refractivity contribution in [1.29, 1.82) is 0 Å². The zero-order valence-corrected chi connectivity index (χ0v) is 19.4. The summed E-state index contributed by atoms with van der Waals surface area (Å²) < 4.78 is 28.0. The smallest absolute Gasteiger partial charge is 0.241 e. The van der Waals surface area contributed by atoms with Gasteiger partial charge in [0, 0.05) is 13.1 Å². The number of sulfonamides is 1. The molecule has 0 aliphatic carbocycles. The third kappa shape index (κ3) is 6.63. The molecule has 0 aromatic heterocycles. The van der Waals surface area contributed by atoms with Crippen molar-refractivity contribution in [3.63, 3.8) is 0 Å². The Morgan fingerprint density at radius 3 is 2.13 bits per heavy atom. The normalized spacial score (nSPS) is 15.9. The molecule has 6 nitrogen and oxygen atoms in total. The van der Waals surface area contributed by atoms with Gasteiger partial charge < -0.3 is 5.32 Å². The molecule has 2 aromatic rings. The van der Waals surface area contributed by atoms with Crippen molar-refractivity contribution in [3.8, 4) is 0 Å². The average Bonchev–Trinajstić information content (AvgIpc) is 3.24. The van der Waals surface area contributed by atoms with Crippen molar-refractivity contribution >= 4 is 15.9 Å². The van der Waals surface area contributed by atoms with E-state index in [4.69, 9.17) is 0 Å². The van der Waals surface area contributed by atoms with Crippen LogP contribution in [0.25, 0.3) is 0 Å². The van der Waals surface area contributed by atoms with Gasteiger partial charge in [0.25, 0.3) is 0 Å². The molecule has 0 radical (unpaired) electrons. The maximum atomic E-state index is 12.8. The van der Waals surface area contributed by atoms with Gasteiger partial charge in [-0.3, -0.25) is 9.69 Å². The minimum Gasteiger partial charge on any atom is -0.351 e. The van der Waals surface area contributed by atoms with E-state index >= 15 is 0 Å². The van der Waals surface area contributed by atoms with Crippen molar-refractivity contribution in [3.05, 3.63) is 65.2 Å². The highest BCUT2D eigenvalue weighted by Crippen LogP contribution is 2.15. The van der Waals surface area contributed by atoms with E-state index in [2.05, 4.69) is 27.1 Å². The van der Waals surface area contributed by atoms with Gasteiger partial charge in [0.1, 0.15) is 6.04 Å². The third-order valence-electron chi connectivity index (χ3n) is 5.66. The Bertz CT molecular complexity index is 964. The highest BCUT2D eigenvalue weighted by Gasteiger charge is 2.28. The van der Waals surface area contributed by atoms with Crippen LogP contribution in [0.2, 0.25) is 0 Å². The summed E-state index contributed by atoms with van der Waals surface area (Å²) in [6.45, 7) is 9.19. The molecule has 1 heterocycles. The number of likely N-dealkylation sites (tertiary alicyclic amines) is 1. The van der Waals surface area contributed by atoms with E-state index in [0.29, 0.717) is 6.54 Å². The number of carbonyl (C=O) groups excluding carboxylic acids is 1. The summed E-state index contributed by atoms with van der Waals surface area (Å²) in [5.41, 5.74) is 3.23. The number of nitrogens with zero attached hydrogens (tertiary/aromatic N) is 1. The molecule has 1 amide bonds. The van der Waals surface area contributed by atoms with E-state index in [1.165, 1.54) is 18.4 Å². The maximum absolute atomic E-state index is 12.8. The predicted molar refractivity (Wildman–Crippen MR) is 123 cm³/mol. The van der Waals surface area contributed by atoms with Crippen LogP contribution in [-0.2, 0) is 27.9 Å². The van der Waals surface area contributed by atoms with Crippen LogP contribution >= 0.6 is 0 Å². The molecule has 0 bridgehead atoms. The molecular formula is C24H33N3O3S. The SMILES string of the molecule is Cc1ccc(S(=O)(=O)N[C@H](C(=O)NCc2ccc(CN3CCCC3)cc2)C(C)C)cc1. The van der Waals surface area contributed by atoms with E-state index in [1.54, 1.807) is 24.3 Å². The van der Waals surface area contributed by atoms with Gasteiger partial charge in [-0.1, -0.05) is 55.8 Å². The second-order valence-corrected chi connectivity index (χ2v) is 10.4. The average molecular weight is 444 g/mol. The van der Waals surface area contributed by atoms with Gasteiger partial charge in [-0.15, -0.1) is 0 Å². The minimum absolute atomic E-state index is 0.158. The van der Waals surface area contributed by atoms with Gasteiger partial charge in [-0.25, -0.2) is 8.42 Å². The van der Waals surface area contributed by atoms with Crippen LogP contribution in [0, 0.1) is 12.8 Å². The Labute approximate surface area is 186 Å². The molecule has 1 saturated heterocycles. The fraction of sp³-hybridized carbons (Fsp3) is 0.458. The second-order valence-electron chi connectivity index (χ2n) is 8.67. The third-order valence-corrected chi connectivity index (χ3v) is 7.11. The standard InChI is InChI=1S/C24H33N3O3S/c1-18(2)23(26-31(29,30)22-12-6-19(3)7-13-22)24(28)25-16-20-8-10-21(11-9-20)17-27-14-4-5-15-27/h6-13,18,23,26H,4-5,14-17H2,1-3H3,(H,25,28)/t23-/m0/s1. The summed E-state index contributed by atoms with van der Waals surface area (Å²) in [7, 11) is -3.78. The summed E-state index contributed by atoms with van der Waals surface area (Å²) >= 11 is 0. The number of aryl methyl sites for hydroxylation is 1. The largest absolute Gasteiger partial charge is 0.351 e. The van der Waals surface area contributed by atoms with Crippen molar-refractivity contribution in [2.45, 2.75) is 57.6 Å². The van der Waals surface area contributed by atoms with Gasteiger partial charge in [0.15, 0.2) is 0 Å². The Morgan fingerprint density at radius 1 is 0.968 bits per heavy atom. The van der Waals surface area contributed by atoms with E-state index in [-0.39, 0.29) is 16.7 Å². The van der Waals surface area contributed by atoms with E-state index in [0.717, 1.165) is 30.8 Å². The second kappa shape index (κ2) is 10.4. The first-order chi connectivity index (χ1) is 14.7. The number of hydrogen-bond acceptors (Lipinski definition) is 4. The fourth-order valence-corrected chi connectivity index (χ4v) is 5.05. The fourth-order valence-electron chi connectivity index (χ4n) is 3.71. The molecule has 2 aromatic carbocycles. The number of rotatable bonds is 9. The lowest BCUT2D eigenvalue weighted by Gasteiger charge is -2.22. The molecule has 0 unspecified atom stereocenters. The number of nitrogens with one attached hydrogen (secondary N) is 2. The zero-order chi connectivity index (χ0) is 22.4. The predicted octanol–water partition coefficient (Wildman–Crippen LogP) is 3.21. The molecule has 0 saturated carbocycles. The Morgan fingerprint density at radius 2 is 1.55 bits per heavy atom. The Balaban J connectivity index is 1.58. The van der Waals surface area contributed by atoms with Crippen molar-refractivity contribution in [1.82, 2.24) is 14.9 Å². The molecule has 2 N–H and O–H groups in total. The first-order valence-corrected chi connectivity index (χ1v) is 12.4. The van der Waals surface area contributed by atoms with Gasteiger partial charge in [-0.05, 0) is 62.0 Å². The van der Waals surface area contributed by atoms with Crippen LogP contribution in [0.1, 0.15) is 43.4 Å². The minimum atomic E-state index is -3.78. The van der Waals surface area contributed by atoms with Crippen molar-refractivity contribution < 1.29 is 13.2 Å². The lowest BCUT2D eigenvalue weighted by molar-refractivity contribution is -0.123. The lowest BCUT2D eigenvalue weighted by Crippen LogP contribution is -2.49. The molecule has 1 atom stereocenters. The molecule has 168 valence electrons. The maximum Gasteiger partial charge on any atom is 0.241 e. The lowest BCUT2D eigenvalue weighted by atomic mass is 10.0. The molecule has 0 spiro atoms. The molecule has 31 heavy (non-hydrogen) atoms. The van der Waals surface area contributed by atoms with Gasteiger partial charge in [0.2, 0.25) is 15.9 Å². The number of benzene rings is 2. The van der Waals surface area contributed by atoms with Crippen LogP contribution in [0.4, 0.5) is 0 Å². The summed E-state index contributed by atoms with van der Waals surface area (Å²) in [6.07, 6.45) is 2.55. The molecule has 7 heteroatoms. The number of carbonyl (C=O) groups is 1. The van der Waals surface area contributed by atoms with Crippen LogP contribution in [-0.4, -0.2) is 38.4 Å². The quantitative estimate of drug-likeness (QED) is 0.624. The zero-order valence-electron chi connectivity index (χ0n) is 18.6. The highest BCUT2D eigenvalue weighted by molar-refractivity contribution is 7.89. The summed E-state index contributed by atoms with van der Waals surface area (Å²) in [5, 5.41) is 2.88. The van der Waals surface area contributed by atoms with E-state index in [9.17, 15) is 13.2 Å². The number of amides is 1. The summed E-state index contributed by atoms with van der Waals surface area (Å²) in [4.78, 5) is 15.4. The Hall–Kier alpha value is -2.22. The van der Waals surface area contributed by atoms with E-state index < -0.39 is 16.1 Å². The molecule has 1 fully saturated rings. The first-order valence-electron chi connectivity index (χ1n) is 10.9. The van der Waals surface area contributed by atoms with Crippen molar-refractivity contribution in [2.75, 3.05) is 13.1 Å². The van der Waals surface area contributed by atoms with Crippen LogP contribution in [0.15, 0.2) is 53.4 Å². The highest BCUT2D eigenvalue weighted by atomic mass is 32.2. The van der Waals surface area contributed by atoms with Gasteiger partial charge in [0.05, 0.1) is 4.90 Å². The van der Waals surface area contributed by atoms with Crippen LogP contribution in [0.3, 0.4) is 0 Å². The molecule has 1 aliphatic heterocycles. The topological polar surface area (TPSA) is 78.5 Å². The molecular weight excluding hydrogens is 410 g/mol. The summed E-state index contributed by atoms with van der Waals surface area (Å²) in [5.74, 6) is -0.519. The van der Waals surface area contributed by atoms with Crippen LogP contribution < -0.4 is 10.0 Å². The molecule has 3 rings (SSSR count). The monoisotopic (exact) mass is 443 g/mol. The van der Waals surface area contributed by atoms with Gasteiger partial charge in [-0.2, -0.15) is 4.72 Å². The summed E-state index contributed by atoms with van der Waals surface area (Å²) in [6, 6.07) is 14.0. The van der Waals surface area contributed by atoms with E-state index in [1.807, 2.05) is 32.9 Å². The van der Waals surface area contributed by atoms with Crippen molar-refractivity contribution in [2.24, 2.45) is 5.92 Å².